The van der Waals surface area contributed by atoms with Gasteiger partial charge in [0.25, 0.3) is 5.91 Å². The monoisotopic (exact) mass is 451 g/mol. The van der Waals surface area contributed by atoms with Crippen molar-refractivity contribution < 1.29 is 9.53 Å². The van der Waals surface area contributed by atoms with Crippen LogP contribution in [0.5, 0.6) is 5.75 Å². The van der Waals surface area contributed by atoms with Crippen LogP contribution in [0.4, 0.5) is 5.69 Å². The number of carbonyl (C=O) groups is 1. The van der Waals surface area contributed by atoms with Gasteiger partial charge in [0.1, 0.15) is 16.8 Å². The van der Waals surface area contributed by atoms with Crippen LogP contribution in [0.1, 0.15) is 15.9 Å². The minimum Gasteiger partial charge on any atom is -0.497 e. The lowest BCUT2D eigenvalue weighted by molar-refractivity contribution is 0.0977. The summed E-state index contributed by atoms with van der Waals surface area (Å²) in [5, 5.41) is 15.5. The Morgan fingerprint density at radius 3 is 2.45 bits per heavy atom. The number of hydrogen-bond acceptors (Lipinski definition) is 5. The number of carbonyl (C=O) groups excluding carboxylic acids is 1. The highest BCUT2D eigenvalue weighted by Gasteiger charge is 2.12. The molecule has 156 valence electrons. The summed E-state index contributed by atoms with van der Waals surface area (Å²) in [6, 6.07) is 17.9. The zero-order valence-corrected chi connectivity index (χ0v) is 18.3. The van der Waals surface area contributed by atoms with Crippen LogP contribution in [0, 0.1) is 6.92 Å². The van der Waals surface area contributed by atoms with Gasteiger partial charge in [0.15, 0.2) is 5.11 Å². The summed E-state index contributed by atoms with van der Waals surface area (Å²) in [6.45, 7) is 1.93. The van der Waals surface area contributed by atoms with Gasteiger partial charge in [0.05, 0.1) is 12.8 Å². The number of amides is 1. The molecule has 31 heavy (non-hydrogen) atoms. The summed E-state index contributed by atoms with van der Waals surface area (Å²) in [6.07, 6.45) is 0. The van der Waals surface area contributed by atoms with Crippen LogP contribution < -0.4 is 15.4 Å². The van der Waals surface area contributed by atoms with Crippen molar-refractivity contribution in [2.45, 2.75) is 6.92 Å². The third-order valence-corrected chi connectivity index (χ3v) is 5.03. The highest BCUT2D eigenvalue weighted by Crippen LogP contribution is 2.23. The quantitative estimate of drug-likeness (QED) is 0.444. The second-order valence-corrected chi connectivity index (χ2v) is 7.61. The maximum absolute atomic E-state index is 12.4. The van der Waals surface area contributed by atoms with Crippen molar-refractivity contribution in [1.29, 1.82) is 0 Å². The highest BCUT2D eigenvalue weighted by atomic mass is 35.5. The number of anilines is 1. The van der Waals surface area contributed by atoms with Crippen LogP contribution in [0.15, 0.2) is 60.7 Å². The fourth-order valence-corrected chi connectivity index (χ4v) is 3.39. The number of nitrogens with one attached hydrogen (secondary N) is 2. The van der Waals surface area contributed by atoms with Crippen LogP contribution in [-0.2, 0) is 0 Å². The molecule has 0 unspecified atom stereocenters. The van der Waals surface area contributed by atoms with Gasteiger partial charge in [-0.25, -0.2) is 0 Å². The molecule has 0 aliphatic carbocycles. The second kappa shape index (κ2) is 8.71. The van der Waals surface area contributed by atoms with Gasteiger partial charge >= 0.3 is 0 Å². The lowest BCUT2D eigenvalue weighted by Gasteiger charge is -2.11. The van der Waals surface area contributed by atoms with Crippen molar-refractivity contribution in [2.24, 2.45) is 0 Å². The molecular formula is C22H18ClN5O2S. The summed E-state index contributed by atoms with van der Waals surface area (Å²) in [5.41, 5.74) is 4.31. The van der Waals surface area contributed by atoms with Gasteiger partial charge in [0.2, 0.25) is 0 Å². The van der Waals surface area contributed by atoms with Crippen molar-refractivity contribution in [2.75, 3.05) is 12.4 Å². The lowest BCUT2D eigenvalue weighted by atomic mass is 10.2. The summed E-state index contributed by atoms with van der Waals surface area (Å²) in [5.74, 6) is 0.417. The smallest absolute Gasteiger partial charge is 0.257 e. The number of aryl methyl sites for hydroxylation is 1. The van der Waals surface area contributed by atoms with Gasteiger partial charge in [0, 0.05) is 16.3 Å². The number of methoxy groups -OCH3 is 1. The molecular weight excluding hydrogens is 434 g/mol. The number of nitrogens with zero attached hydrogens (tertiary/aromatic N) is 3. The molecule has 0 spiro atoms. The predicted molar refractivity (Wildman–Crippen MR) is 125 cm³/mol. The number of hydrogen-bond donors (Lipinski definition) is 2. The van der Waals surface area contributed by atoms with E-state index in [1.807, 2.05) is 43.3 Å². The Balaban J connectivity index is 1.53. The van der Waals surface area contributed by atoms with Crippen molar-refractivity contribution in [3.05, 3.63) is 76.8 Å². The topological polar surface area (TPSA) is 81.1 Å². The molecule has 9 heteroatoms. The number of benzene rings is 3. The summed E-state index contributed by atoms with van der Waals surface area (Å²) in [4.78, 5) is 13.9. The van der Waals surface area contributed by atoms with E-state index in [-0.39, 0.29) is 11.0 Å². The van der Waals surface area contributed by atoms with Crippen LogP contribution in [0.25, 0.3) is 16.7 Å². The van der Waals surface area contributed by atoms with E-state index < -0.39 is 0 Å². The molecule has 0 atom stereocenters. The van der Waals surface area contributed by atoms with E-state index in [9.17, 15) is 4.79 Å². The molecule has 1 aromatic heterocycles. The Hall–Kier alpha value is -3.49. The highest BCUT2D eigenvalue weighted by molar-refractivity contribution is 7.80. The van der Waals surface area contributed by atoms with E-state index in [1.54, 1.807) is 36.2 Å². The van der Waals surface area contributed by atoms with E-state index in [4.69, 9.17) is 28.6 Å². The van der Waals surface area contributed by atoms with Crippen molar-refractivity contribution in [1.82, 2.24) is 20.3 Å². The number of rotatable bonds is 4. The van der Waals surface area contributed by atoms with Crippen molar-refractivity contribution in [3.8, 4) is 11.4 Å². The van der Waals surface area contributed by atoms with Gasteiger partial charge in [-0.2, -0.15) is 4.80 Å². The predicted octanol–water partition coefficient (Wildman–Crippen LogP) is 4.52. The third kappa shape index (κ3) is 4.65. The van der Waals surface area contributed by atoms with E-state index in [0.29, 0.717) is 16.1 Å². The first kappa shape index (κ1) is 20.8. The first-order valence-corrected chi connectivity index (χ1v) is 10.1. The maximum atomic E-state index is 12.4. The second-order valence-electron chi connectivity index (χ2n) is 6.76. The molecule has 2 N–H and O–H groups in total. The third-order valence-electron chi connectivity index (χ3n) is 4.59. The minimum absolute atomic E-state index is 0.176. The Bertz CT molecular complexity index is 1290. The van der Waals surface area contributed by atoms with Gasteiger partial charge in [-0.05, 0) is 79.3 Å². The standard InChI is InChI=1S/C22H18ClN5O2S/c1-13-10-19-20(27-28(26-19)16-6-8-17(30-2)9-7-16)12-18(13)24-22(31)25-21(29)14-4-3-5-15(23)11-14/h3-12H,1-2H3,(H2,24,25,29,31). The van der Waals surface area contributed by atoms with E-state index in [0.717, 1.165) is 28.2 Å². The zero-order valence-electron chi connectivity index (χ0n) is 16.7. The average molecular weight is 452 g/mol. The molecule has 0 aliphatic rings. The van der Waals surface area contributed by atoms with Crippen LogP contribution in [0.3, 0.4) is 0 Å². The number of fused-ring (bicyclic) bond motifs is 1. The Kier molecular flexibility index (Phi) is 5.83. The molecule has 7 nitrogen and oxygen atoms in total. The van der Waals surface area contributed by atoms with E-state index in [2.05, 4.69) is 20.8 Å². The molecule has 0 fully saturated rings. The van der Waals surface area contributed by atoms with Gasteiger partial charge in [-0.1, -0.05) is 17.7 Å². The van der Waals surface area contributed by atoms with Gasteiger partial charge in [-0.3, -0.25) is 10.1 Å². The fraction of sp³-hybridized carbons (Fsp3) is 0.0909. The fourth-order valence-electron chi connectivity index (χ4n) is 2.99. The molecule has 0 bridgehead atoms. The first-order chi connectivity index (χ1) is 14.9. The Morgan fingerprint density at radius 2 is 1.77 bits per heavy atom. The first-order valence-electron chi connectivity index (χ1n) is 9.33. The largest absolute Gasteiger partial charge is 0.497 e. The molecule has 4 rings (SSSR count). The Labute approximate surface area is 189 Å². The van der Waals surface area contributed by atoms with E-state index in [1.165, 1.54) is 0 Å². The molecule has 0 aliphatic heterocycles. The number of halogens is 1. The van der Waals surface area contributed by atoms with Crippen LogP contribution in [0.2, 0.25) is 5.02 Å². The average Bonchev–Trinajstić information content (AvgIpc) is 3.16. The number of ether oxygens (including phenoxy) is 1. The summed E-state index contributed by atoms with van der Waals surface area (Å²) in [7, 11) is 1.62. The molecule has 0 saturated heterocycles. The molecule has 0 saturated carbocycles. The summed E-state index contributed by atoms with van der Waals surface area (Å²) >= 11 is 11.2. The molecule has 4 aromatic rings. The number of thiocarbonyl (C=S) groups is 1. The lowest BCUT2D eigenvalue weighted by Crippen LogP contribution is -2.34. The molecule has 1 heterocycles. The van der Waals surface area contributed by atoms with Gasteiger partial charge in [-0.15, -0.1) is 10.2 Å². The number of aromatic nitrogens is 3. The summed E-state index contributed by atoms with van der Waals surface area (Å²) < 4.78 is 5.19. The maximum Gasteiger partial charge on any atom is 0.257 e. The van der Waals surface area contributed by atoms with Gasteiger partial charge < -0.3 is 10.1 Å². The minimum atomic E-state index is -0.343. The SMILES string of the molecule is COc1ccc(-n2nc3cc(C)c(NC(=S)NC(=O)c4cccc(Cl)c4)cc3n2)cc1. The normalized spacial score (nSPS) is 10.7. The molecule has 0 radical (unpaired) electrons. The van der Waals surface area contributed by atoms with E-state index >= 15 is 0 Å². The van der Waals surface area contributed by atoms with Crippen LogP contribution >= 0.6 is 23.8 Å². The molecule has 3 aromatic carbocycles. The van der Waals surface area contributed by atoms with Crippen LogP contribution in [-0.4, -0.2) is 33.1 Å². The van der Waals surface area contributed by atoms with Crippen molar-refractivity contribution >= 4 is 51.6 Å². The molecule has 1 amide bonds. The Morgan fingerprint density at radius 1 is 1.06 bits per heavy atom. The van der Waals surface area contributed by atoms with Crippen molar-refractivity contribution in [3.63, 3.8) is 0 Å². The zero-order chi connectivity index (χ0) is 22.0.